The molecule has 2 aliphatic rings. The quantitative estimate of drug-likeness (QED) is 0.893. The second-order valence-electron chi connectivity index (χ2n) is 5.86. The molecule has 21 heavy (non-hydrogen) atoms. The van der Waals surface area contributed by atoms with E-state index < -0.39 is 0 Å². The van der Waals surface area contributed by atoms with Crippen LogP contribution in [0.4, 0.5) is 0 Å². The Morgan fingerprint density at radius 2 is 1.90 bits per heavy atom. The van der Waals surface area contributed by atoms with E-state index in [0.29, 0.717) is 12.0 Å². The highest BCUT2D eigenvalue weighted by molar-refractivity contribution is 5.82. The van der Waals surface area contributed by atoms with Gasteiger partial charge in [0.15, 0.2) is 0 Å². The van der Waals surface area contributed by atoms with Crippen LogP contribution in [-0.2, 0) is 0 Å². The van der Waals surface area contributed by atoms with Crippen molar-refractivity contribution in [1.82, 2.24) is 20.6 Å². The lowest BCUT2D eigenvalue weighted by atomic mass is 9.92. The molecule has 0 saturated carbocycles. The molecule has 2 N–H and O–H groups in total. The monoisotopic (exact) mass is 284 g/mol. The first kappa shape index (κ1) is 13.0. The van der Waals surface area contributed by atoms with E-state index >= 15 is 0 Å². The van der Waals surface area contributed by atoms with Crippen molar-refractivity contribution >= 4 is 10.9 Å². The van der Waals surface area contributed by atoms with Crippen LogP contribution in [0.25, 0.3) is 10.9 Å². The van der Waals surface area contributed by atoms with Crippen molar-refractivity contribution < 1.29 is 4.74 Å². The fourth-order valence-corrected chi connectivity index (χ4v) is 3.09. The first-order valence-corrected chi connectivity index (χ1v) is 7.73. The summed E-state index contributed by atoms with van der Waals surface area (Å²) in [5, 5.41) is 7.79. The zero-order chi connectivity index (χ0) is 14.1. The Labute approximate surface area is 124 Å². The Morgan fingerprint density at radius 3 is 2.67 bits per heavy atom. The summed E-state index contributed by atoms with van der Waals surface area (Å²) >= 11 is 0. The summed E-state index contributed by atoms with van der Waals surface area (Å²) in [6.45, 7) is 4.02. The maximum Gasteiger partial charge on any atom is 0.123 e. The Hall–Kier alpha value is -1.72. The van der Waals surface area contributed by atoms with Crippen LogP contribution in [0.15, 0.2) is 24.5 Å². The fourth-order valence-electron chi connectivity index (χ4n) is 3.09. The number of aromatic nitrogens is 2. The number of rotatable bonds is 3. The predicted molar refractivity (Wildman–Crippen MR) is 81.7 cm³/mol. The van der Waals surface area contributed by atoms with Gasteiger partial charge in [0.25, 0.3) is 0 Å². The molecule has 0 atom stereocenters. The van der Waals surface area contributed by atoms with Crippen LogP contribution >= 0.6 is 0 Å². The van der Waals surface area contributed by atoms with Crippen molar-refractivity contribution in [3.8, 4) is 5.75 Å². The van der Waals surface area contributed by atoms with E-state index in [1.807, 2.05) is 6.07 Å². The highest BCUT2D eigenvalue weighted by Gasteiger charge is 2.21. The van der Waals surface area contributed by atoms with E-state index in [2.05, 4.69) is 32.7 Å². The predicted octanol–water partition coefficient (Wildman–Crippen LogP) is 1.45. The van der Waals surface area contributed by atoms with Crippen LogP contribution in [0.2, 0.25) is 0 Å². The van der Waals surface area contributed by atoms with Crippen molar-refractivity contribution in [1.29, 1.82) is 0 Å². The fraction of sp³-hybridized carbons (Fsp3) is 0.500. The number of hydrogen-bond acceptors (Lipinski definition) is 5. The summed E-state index contributed by atoms with van der Waals surface area (Å²) in [4.78, 5) is 8.98. The smallest absolute Gasteiger partial charge is 0.123 e. The third kappa shape index (κ3) is 2.59. The molecule has 0 spiro atoms. The molecule has 3 heterocycles. The molecule has 0 bridgehead atoms. The molecule has 0 aliphatic carbocycles. The summed E-state index contributed by atoms with van der Waals surface area (Å²) < 4.78 is 5.91. The summed E-state index contributed by atoms with van der Waals surface area (Å²) in [5.74, 6) is 1.45. The van der Waals surface area contributed by atoms with E-state index in [9.17, 15) is 0 Å². The standard InChI is InChI=1S/C16H20N4O/c1-2-14-15(7-12(1)21-13-8-18-9-13)19-10-20-16(14)11-3-5-17-6-4-11/h1-2,7,10-11,13,17-18H,3-6,8-9H2. The van der Waals surface area contributed by atoms with Gasteiger partial charge in [0.05, 0.1) is 11.2 Å². The molecule has 2 aliphatic heterocycles. The summed E-state index contributed by atoms with van der Waals surface area (Å²) in [6, 6.07) is 6.21. The van der Waals surface area contributed by atoms with Crippen LogP contribution in [0.3, 0.4) is 0 Å². The van der Waals surface area contributed by atoms with Gasteiger partial charge in [-0.25, -0.2) is 9.97 Å². The van der Waals surface area contributed by atoms with E-state index in [0.717, 1.165) is 50.3 Å². The number of nitrogens with zero attached hydrogens (tertiary/aromatic N) is 2. The molecule has 2 fully saturated rings. The molecular formula is C16H20N4O. The minimum absolute atomic E-state index is 0.299. The Morgan fingerprint density at radius 1 is 1.05 bits per heavy atom. The SMILES string of the molecule is c1nc(C2CCNCC2)c2ccc(OC3CNC3)cc2n1. The van der Waals surface area contributed by atoms with E-state index in [1.165, 1.54) is 11.1 Å². The average Bonchev–Trinajstić information content (AvgIpc) is 2.51. The molecule has 0 amide bonds. The van der Waals surface area contributed by atoms with Crippen molar-refractivity contribution in [3.05, 3.63) is 30.2 Å². The van der Waals surface area contributed by atoms with Crippen molar-refractivity contribution in [2.75, 3.05) is 26.2 Å². The molecule has 2 saturated heterocycles. The number of fused-ring (bicyclic) bond motifs is 1. The van der Waals surface area contributed by atoms with Gasteiger partial charge in [-0.3, -0.25) is 0 Å². The number of ether oxygens (including phenoxy) is 1. The number of nitrogens with one attached hydrogen (secondary N) is 2. The van der Waals surface area contributed by atoms with E-state index in [-0.39, 0.29) is 0 Å². The average molecular weight is 284 g/mol. The number of piperidine rings is 1. The molecule has 1 aromatic carbocycles. The second kappa shape index (κ2) is 5.58. The van der Waals surface area contributed by atoms with Gasteiger partial charge in [-0.1, -0.05) is 0 Å². The second-order valence-corrected chi connectivity index (χ2v) is 5.86. The van der Waals surface area contributed by atoms with Crippen molar-refractivity contribution in [3.63, 3.8) is 0 Å². The summed E-state index contributed by atoms with van der Waals surface area (Å²) in [7, 11) is 0. The van der Waals surface area contributed by atoms with Gasteiger partial charge in [-0.05, 0) is 38.1 Å². The molecule has 2 aromatic rings. The summed E-state index contributed by atoms with van der Waals surface area (Å²) in [6.07, 6.45) is 4.29. The summed E-state index contributed by atoms with van der Waals surface area (Å²) in [5.41, 5.74) is 2.18. The first-order valence-electron chi connectivity index (χ1n) is 7.73. The maximum atomic E-state index is 5.91. The van der Waals surface area contributed by atoms with Crippen LogP contribution in [0, 0.1) is 0 Å². The van der Waals surface area contributed by atoms with Crippen LogP contribution in [0.5, 0.6) is 5.75 Å². The van der Waals surface area contributed by atoms with Gasteiger partial charge in [0.2, 0.25) is 0 Å². The lowest BCUT2D eigenvalue weighted by Gasteiger charge is -2.28. The highest BCUT2D eigenvalue weighted by atomic mass is 16.5. The zero-order valence-corrected chi connectivity index (χ0v) is 12.0. The normalized spacial score (nSPS) is 20.4. The highest BCUT2D eigenvalue weighted by Crippen LogP contribution is 2.30. The molecule has 1 aromatic heterocycles. The lowest BCUT2D eigenvalue weighted by molar-refractivity contribution is 0.142. The Balaban J connectivity index is 1.65. The van der Waals surface area contributed by atoms with Gasteiger partial charge in [0.1, 0.15) is 18.2 Å². The minimum Gasteiger partial charge on any atom is -0.488 e. The third-order valence-electron chi connectivity index (χ3n) is 4.41. The molecule has 4 rings (SSSR count). The zero-order valence-electron chi connectivity index (χ0n) is 12.0. The van der Waals surface area contributed by atoms with Gasteiger partial charge in [0, 0.05) is 30.5 Å². The molecule has 5 nitrogen and oxygen atoms in total. The lowest BCUT2D eigenvalue weighted by Crippen LogP contribution is -2.50. The minimum atomic E-state index is 0.299. The number of hydrogen-bond donors (Lipinski definition) is 2. The molecular weight excluding hydrogens is 264 g/mol. The Kier molecular flexibility index (Phi) is 3.45. The number of benzene rings is 1. The third-order valence-corrected chi connectivity index (χ3v) is 4.41. The van der Waals surface area contributed by atoms with Gasteiger partial charge < -0.3 is 15.4 Å². The first-order chi connectivity index (χ1) is 10.4. The van der Waals surface area contributed by atoms with E-state index in [1.54, 1.807) is 6.33 Å². The Bertz CT molecular complexity index is 635. The van der Waals surface area contributed by atoms with Crippen LogP contribution in [-0.4, -0.2) is 42.3 Å². The maximum absolute atomic E-state index is 5.91. The van der Waals surface area contributed by atoms with Crippen molar-refractivity contribution in [2.24, 2.45) is 0 Å². The molecule has 0 unspecified atom stereocenters. The molecule has 110 valence electrons. The van der Waals surface area contributed by atoms with E-state index in [4.69, 9.17) is 4.74 Å². The van der Waals surface area contributed by atoms with Crippen LogP contribution in [0.1, 0.15) is 24.5 Å². The van der Waals surface area contributed by atoms with Gasteiger partial charge in [-0.2, -0.15) is 0 Å². The topological polar surface area (TPSA) is 59.1 Å². The van der Waals surface area contributed by atoms with Crippen LogP contribution < -0.4 is 15.4 Å². The van der Waals surface area contributed by atoms with Gasteiger partial charge >= 0.3 is 0 Å². The van der Waals surface area contributed by atoms with Gasteiger partial charge in [-0.15, -0.1) is 0 Å². The largest absolute Gasteiger partial charge is 0.488 e. The van der Waals surface area contributed by atoms with Crippen molar-refractivity contribution in [2.45, 2.75) is 24.9 Å². The molecule has 5 heteroatoms. The molecule has 0 radical (unpaired) electrons.